The second-order valence-corrected chi connectivity index (χ2v) is 4.29. The normalized spacial score (nSPS) is 12.8. The zero-order chi connectivity index (χ0) is 11.3. The molecule has 0 bridgehead atoms. The number of hydrogen-bond donors (Lipinski definition) is 1. The van der Waals surface area contributed by atoms with E-state index in [2.05, 4.69) is 5.32 Å². The molecule has 0 amide bonds. The van der Waals surface area contributed by atoms with Crippen LogP contribution in [-0.4, -0.2) is 18.6 Å². The smallest absolute Gasteiger partial charge is 0.130 e. The minimum absolute atomic E-state index is 0.124. The highest BCUT2D eigenvalue weighted by Gasteiger charge is 2.14. The first-order valence-electron chi connectivity index (χ1n) is 4.83. The van der Waals surface area contributed by atoms with Crippen LogP contribution in [0.4, 0.5) is 8.78 Å². The molecule has 1 N–H and O–H groups in total. The van der Waals surface area contributed by atoms with Crippen molar-refractivity contribution in [2.75, 3.05) is 18.6 Å². The Hall–Kier alpha value is -0.610. The summed E-state index contributed by atoms with van der Waals surface area (Å²) < 4.78 is 26.6. The molecule has 0 fully saturated rings. The van der Waals surface area contributed by atoms with Crippen molar-refractivity contribution < 1.29 is 8.78 Å². The number of benzene rings is 1. The minimum Gasteiger partial charge on any atom is -0.309 e. The second-order valence-electron chi connectivity index (χ2n) is 3.30. The Balaban J connectivity index is 2.68. The zero-order valence-corrected chi connectivity index (χ0v) is 9.70. The molecule has 0 aromatic heterocycles. The SMILES string of the molecule is CSCCNC(C)c1c(F)cccc1F. The van der Waals surface area contributed by atoms with Crippen LogP contribution in [0.25, 0.3) is 0 Å². The van der Waals surface area contributed by atoms with Crippen LogP contribution >= 0.6 is 11.8 Å². The summed E-state index contributed by atoms with van der Waals surface area (Å²) in [5.41, 5.74) is 0.124. The molecule has 1 aromatic carbocycles. The Bertz CT molecular complexity index is 297. The fourth-order valence-electron chi connectivity index (χ4n) is 1.40. The number of hydrogen-bond acceptors (Lipinski definition) is 2. The molecule has 0 aliphatic rings. The Morgan fingerprint density at radius 1 is 1.33 bits per heavy atom. The molecule has 1 atom stereocenters. The van der Waals surface area contributed by atoms with E-state index in [9.17, 15) is 8.78 Å². The number of halogens is 2. The van der Waals surface area contributed by atoms with E-state index in [1.165, 1.54) is 18.2 Å². The van der Waals surface area contributed by atoms with Crippen LogP contribution in [0.1, 0.15) is 18.5 Å². The Morgan fingerprint density at radius 3 is 2.47 bits per heavy atom. The fraction of sp³-hybridized carbons (Fsp3) is 0.455. The first-order chi connectivity index (χ1) is 7.16. The first kappa shape index (κ1) is 12.5. The van der Waals surface area contributed by atoms with Gasteiger partial charge in [0.05, 0.1) is 0 Å². The average Bonchev–Trinajstić information content (AvgIpc) is 2.18. The fourth-order valence-corrected chi connectivity index (χ4v) is 1.73. The molecule has 0 radical (unpaired) electrons. The highest BCUT2D eigenvalue weighted by molar-refractivity contribution is 7.98. The molecular weight excluding hydrogens is 216 g/mol. The van der Waals surface area contributed by atoms with Gasteiger partial charge in [0, 0.05) is 23.9 Å². The van der Waals surface area contributed by atoms with Gasteiger partial charge in [-0.1, -0.05) is 6.07 Å². The van der Waals surface area contributed by atoms with Gasteiger partial charge in [-0.15, -0.1) is 0 Å². The molecule has 84 valence electrons. The molecule has 1 unspecified atom stereocenters. The van der Waals surface area contributed by atoms with Gasteiger partial charge < -0.3 is 5.32 Å². The van der Waals surface area contributed by atoms with Crippen molar-refractivity contribution in [3.05, 3.63) is 35.4 Å². The van der Waals surface area contributed by atoms with E-state index in [4.69, 9.17) is 0 Å². The van der Waals surface area contributed by atoms with Crippen molar-refractivity contribution in [2.45, 2.75) is 13.0 Å². The van der Waals surface area contributed by atoms with E-state index in [0.29, 0.717) is 0 Å². The predicted molar refractivity (Wildman–Crippen MR) is 61.2 cm³/mol. The lowest BCUT2D eigenvalue weighted by molar-refractivity contribution is 0.497. The molecule has 4 heteroatoms. The lowest BCUT2D eigenvalue weighted by atomic mass is 10.1. The van der Waals surface area contributed by atoms with Crippen LogP contribution in [0.15, 0.2) is 18.2 Å². The molecule has 1 rings (SSSR count). The molecular formula is C11H15F2NS. The van der Waals surface area contributed by atoms with Gasteiger partial charge in [-0.2, -0.15) is 11.8 Å². The molecule has 1 nitrogen and oxygen atoms in total. The van der Waals surface area contributed by atoms with Crippen LogP contribution in [0.5, 0.6) is 0 Å². The lowest BCUT2D eigenvalue weighted by Crippen LogP contribution is -2.23. The summed E-state index contributed by atoms with van der Waals surface area (Å²) >= 11 is 1.70. The predicted octanol–water partition coefficient (Wildman–Crippen LogP) is 2.98. The van der Waals surface area contributed by atoms with E-state index >= 15 is 0 Å². The summed E-state index contributed by atoms with van der Waals surface area (Å²) in [6.07, 6.45) is 2.00. The largest absolute Gasteiger partial charge is 0.309 e. The van der Waals surface area contributed by atoms with E-state index in [1.54, 1.807) is 18.7 Å². The maximum atomic E-state index is 13.3. The monoisotopic (exact) mass is 231 g/mol. The van der Waals surface area contributed by atoms with Crippen LogP contribution in [0, 0.1) is 11.6 Å². The van der Waals surface area contributed by atoms with Crippen molar-refractivity contribution >= 4 is 11.8 Å². The highest BCUT2D eigenvalue weighted by Crippen LogP contribution is 2.19. The van der Waals surface area contributed by atoms with E-state index in [0.717, 1.165) is 12.3 Å². The molecule has 0 aliphatic carbocycles. The summed E-state index contributed by atoms with van der Waals surface area (Å²) in [6, 6.07) is 3.65. The molecule has 15 heavy (non-hydrogen) atoms. The maximum absolute atomic E-state index is 13.3. The van der Waals surface area contributed by atoms with Crippen LogP contribution < -0.4 is 5.32 Å². The van der Waals surface area contributed by atoms with Gasteiger partial charge in [0.15, 0.2) is 0 Å². The lowest BCUT2D eigenvalue weighted by Gasteiger charge is -2.15. The number of nitrogens with one attached hydrogen (secondary N) is 1. The van der Waals surface area contributed by atoms with Gasteiger partial charge in [-0.25, -0.2) is 8.78 Å². The van der Waals surface area contributed by atoms with E-state index < -0.39 is 11.6 Å². The van der Waals surface area contributed by atoms with E-state index in [1.807, 2.05) is 6.26 Å². The topological polar surface area (TPSA) is 12.0 Å². The molecule has 0 heterocycles. The van der Waals surface area contributed by atoms with Gasteiger partial charge in [0.1, 0.15) is 11.6 Å². The quantitative estimate of drug-likeness (QED) is 0.782. The van der Waals surface area contributed by atoms with Crippen molar-refractivity contribution in [1.82, 2.24) is 5.32 Å². The molecule has 0 aliphatic heterocycles. The number of thioether (sulfide) groups is 1. The Labute approximate surface area is 93.3 Å². The summed E-state index contributed by atoms with van der Waals surface area (Å²) in [4.78, 5) is 0. The second kappa shape index (κ2) is 6.08. The van der Waals surface area contributed by atoms with Crippen molar-refractivity contribution in [3.8, 4) is 0 Å². The van der Waals surface area contributed by atoms with Crippen LogP contribution in [0.2, 0.25) is 0 Å². The molecule has 0 saturated heterocycles. The minimum atomic E-state index is -0.487. The highest BCUT2D eigenvalue weighted by atomic mass is 32.2. The van der Waals surface area contributed by atoms with Gasteiger partial charge in [-0.05, 0) is 25.3 Å². The van der Waals surface area contributed by atoms with Crippen molar-refractivity contribution in [2.24, 2.45) is 0 Å². The van der Waals surface area contributed by atoms with Crippen molar-refractivity contribution in [3.63, 3.8) is 0 Å². The standard InChI is InChI=1S/C11H15F2NS/c1-8(14-6-7-15-2)11-9(12)4-3-5-10(11)13/h3-5,8,14H,6-7H2,1-2H3. The molecule has 1 aromatic rings. The third-order valence-electron chi connectivity index (χ3n) is 2.19. The summed E-state index contributed by atoms with van der Waals surface area (Å²) in [7, 11) is 0. The zero-order valence-electron chi connectivity index (χ0n) is 8.89. The van der Waals surface area contributed by atoms with Crippen molar-refractivity contribution in [1.29, 1.82) is 0 Å². The first-order valence-corrected chi connectivity index (χ1v) is 6.22. The van der Waals surface area contributed by atoms with E-state index in [-0.39, 0.29) is 11.6 Å². The Morgan fingerprint density at radius 2 is 1.93 bits per heavy atom. The third-order valence-corrected chi connectivity index (χ3v) is 2.80. The molecule has 0 saturated carbocycles. The van der Waals surface area contributed by atoms with Gasteiger partial charge in [-0.3, -0.25) is 0 Å². The number of rotatable bonds is 5. The molecule has 0 spiro atoms. The summed E-state index contributed by atoms with van der Waals surface area (Å²) in [6.45, 7) is 2.51. The maximum Gasteiger partial charge on any atom is 0.130 e. The summed E-state index contributed by atoms with van der Waals surface area (Å²) in [5, 5.41) is 3.08. The van der Waals surface area contributed by atoms with Gasteiger partial charge in [0.2, 0.25) is 0 Å². The van der Waals surface area contributed by atoms with Gasteiger partial charge in [0.25, 0.3) is 0 Å². The van der Waals surface area contributed by atoms with Crippen LogP contribution in [0.3, 0.4) is 0 Å². The van der Waals surface area contributed by atoms with Gasteiger partial charge >= 0.3 is 0 Å². The third kappa shape index (κ3) is 3.47. The van der Waals surface area contributed by atoms with Crippen LogP contribution in [-0.2, 0) is 0 Å². The summed E-state index contributed by atoms with van der Waals surface area (Å²) in [5.74, 6) is -0.0428. The Kier molecular flexibility index (Phi) is 5.05. The average molecular weight is 231 g/mol.